The molecule has 64 heavy (non-hydrogen) atoms. The van der Waals surface area contributed by atoms with E-state index in [1.54, 1.807) is 0 Å². The third-order valence-corrected chi connectivity index (χ3v) is 15.9. The molecule has 0 spiro atoms. The highest BCUT2D eigenvalue weighted by molar-refractivity contribution is 9.11. The summed E-state index contributed by atoms with van der Waals surface area (Å²) in [6, 6.07) is 9.08. The smallest absolute Gasteiger partial charge is 0.0800 e. The van der Waals surface area contributed by atoms with Gasteiger partial charge in [0.25, 0.3) is 0 Å². The van der Waals surface area contributed by atoms with Crippen LogP contribution in [0.3, 0.4) is 0 Å². The van der Waals surface area contributed by atoms with Crippen molar-refractivity contribution in [2.24, 2.45) is 11.8 Å². The van der Waals surface area contributed by atoms with Crippen molar-refractivity contribution in [1.29, 1.82) is 0 Å². The van der Waals surface area contributed by atoms with Crippen molar-refractivity contribution >= 4 is 78.2 Å². The lowest BCUT2D eigenvalue weighted by Crippen LogP contribution is -2.07. The van der Waals surface area contributed by atoms with Gasteiger partial charge in [0.2, 0.25) is 0 Å². The number of nitrogens with one attached hydrogen (secondary N) is 2. The Kier molecular flexibility index (Phi) is 25.3. The average molecular weight is 1000 g/mol. The summed E-state index contributed by atoms with van der Waals surface area (Å²) in [7, 11) is 0. The van der Waals surface area contributed by atoms with E-state index < -0.39 is 0 Å². The highest BCUT2D eigenvalue weighted by Gasteiger charge is 2.20. The Morgan fingerprint density at radius 2 is 0.625 bits per heavy atom. The van der Waals surface area contributed by atoms with Gasteiger partial charge in [0.15, 0.2) is 0 Å². The van der Waals surface area contributed by atoms with Gasteiger partial charge in [-0.15, -0.1) is 0 Å². The Hall–Kier alpha value is -2.44. The van der Waals surface area contributed by atoms with Crippen LogP contribution in [0.15, 0.2) is 33.2 Å². The number of rotatable bonds is 34. The molecule has 2 unspecified atom stereocenters. The highest BCUT2D eigenvalue weighted by atomic mass is 79.9. The summed E-state index contributed by atoms with van der Waals surface area (Å²) in [6.45, 7) is 9.26. The molecular weight excluding hydrogens is 912 g/mol. The molecule has 0 saturated carbocycles. The van der Waals surface area contributed by atoms with Crippen LogP contribution in [0, 0.1) is 11.8 Å². The fourth-order valence-corrected chi connectivity index (χ4v) is 11.1. The van der Waals surface area contributed by atoms with Gasteiger partial charge >= 0.3 is 0 Å². The summed E-state index contributed by atoms with van der Waals surface area (Å²) in [5, 5.41) is 0. The summed E-state index contributed by atoms with van der Waals surface area (Å²) in [5.74, 6) is 1.29. The summed E-state index contributed by atoms with van der Waals surface area (Å²) in [6.07, 6.45) is 51.4. The molecule has 5 rings (SSSR count). The minimum atomic E-state index is 0.643. The van der Waals surface area contributed by atoms with Gasteiger partial charge in [0, 0.05) is 22.2 Å². The van der Waals surface area contributed by atoms with Crippen LogP contribution in [-0.2, 0) is 12.8 Å². The summed E-state index contributed by atoms with van der Waals surface area (Å²) in [4.78, 5) is 18.6. The van der Waals surface area contributed by atoms with E-state index in [-0.39, 0.29) is 0 Å². The number of aromatic amines is 2. The quantitative estimate of drug-likeness (QED) is 0.0404. The summed E-state index contributed by atoms with van der Waals surface area (Å²) >= 11 is 8.13. The zero-order chi connectivity index (χ0) is 45.2. The van der Waals surface area contributed by atoms with Crippen LogP contribution in [0.25, 0.3) is 46.4 Å². The van der Waals surface area contributed by atoms with Gasteiger partial charge < -0.3 is 9.97 Å². The van der Waals surface area contributed by atoms with Crippen molar-refractivity contribution in [2.75, 3.05) is 0 Å². The second kappa shape index (κ2) is 30.8. The van der Waals surface area contributed by atoms with E-state index in [1.165, 1.54) is 215 Å². The van der Waals surface area contributed by atoms with Gasteiger partial charge in [-0.25, -0.2) is 9.97 Å². The first-order valence-corrected chi connectivity index (χ1v) is 28.5. The Balaban J connectivity index is 1.49. The van der Waals surface area contributed by atoms with Crippen LogP contribution in [-0.4, -0.2) is 19.9 Å². The third-order valence-electron chi connectivity index (χ3n) is 14.2. The van der Waals surface area contributed by atoms with Crippen LogP contribution < -0.4 is 0 Å². The number of H-pyrrole nitrogens is 2. The summed E-state index contributed by atoms with van der Waals surface area (Å²) < 4.78 is 2.04. The van der Waals surface area contributed by atoms with Crippen LogP contribution in [0.2, 0.25) is 0 Å². The molecule has 0 aliphatic carbocycles. The van der Waals surface area contributed by atoms with Crippen LogP contribution in [0.1, 0.15) is 254 Å². The number of hydrogen-bond donors (Lipinski definition) is 2. The molecule has 0 saturated heterocycles. The fourth-order valence-electron chi connectivity index (χ4n) is 10.2. The largest absolute Gasteiger partial charge is 0.354 e. The Labute approximate surface area is 407 Å². The van der Waals surface area contributed by atoms with E-state index in [9.17, 15) is 0 Å². The number of nitrogens with zero attached hydrogens (tertiary/aromatic N) is 2. The monoisotopic (exact) mass is 999 g/mol. The zero-order valence-electron chi connectivity index (χ0n) is 41.1. The molecule has 3 aromatic heterocycles. The van der Waals surface area contributed by atoms with E-state index >= 15 is 0 Å². The Bertz CT molecular complexity index is 1860. The minimum Gasteiger partial charge on any atom is -0.354 e. The predicted molar refractivity (Wildman–Crippen MR) is 290 cm³/mol. The van der Waals surface area contributed by atoms with Crippen molar-refractivity contribution in [3.05, 3.63) is 67.1 Å². The Morgan fingerprint density at radius 1 is 0.359 bits per heavy atom. The van der Waals surface area contributed by atoms with Gasteiger partial charge in [-0.1, -0.05) is 220 Å². The number of hydrogen-bond acceptors (Lipinski definition) is 2. The van der Waals surface area contributed by atoms with Crippen molar-refractivity contribution in [3.63, 3.8) is 0 Å². The third kappa shape index (κ3) is 17.7. The van der Waals surface area contributed by atoms with Gasteiger partial charge in [-0.2, -0.15) is 0 Å². The molecule has 0 radical (unpaired) electrons. The molecular formula is C58H88Br2N4. The number of unbranched alkanes of at least 4 members (excludes halogenated alkanes) is 22. The second-order valence-electron chi connectivity index (χ2n) is 19.7. The first-order valence-electron chi connectivity index (χ1n) is 26.9. The van der Waals surface area contributed by atoms with E-state index in [4.69, 9.17) is 9.97 Å². The zero-order valence-corrected chi connectivity index (χ0v) is 44.2. The van der Waals surface area contributed by atoms with Crippen LogP contribution in [0.5, 0.6) is 0 Å². The summed E-state index contributed by atoms with van der Waals surface area (Å²) in [5.41, 5.74) is 11.3. The maximum absolute atomic E-state index is 5.42. The molecule has 2 aliphatic rings. The fraction of sp³-hybridized carbons (Fsp3) is 0.655. The SMILES string of the molecule is CCCCCCCCCC(CCCCCCCC)Cc1c2nc(c(Br)c3ccc([nH]3)c(CC(CCCCCCCC)CCCCCCCCC)c3nc(c(Br)c4ccc1[nH]4)C=C3)C=C2. The standard InChI is InChI=1S/C58H88Br2N4/c1-5-9-13-17-21-25-29-33-45(31-27-23-19-15-11-7-3)43-47-49-35-39-53(61-49)57(59)55-41-37-51(63-55)48(52-38-42-56(64-52)58(60)54-40-36-50(47)62-54)44-46(32-28-24-20-16-12-8-4)34-30-26-22-18-14-10-6-2/h35-42,45-46,61,64H,5-34,43-44H2,1-4H3. The first-order chi connectivity index (χ1) is 31.4. The normalized spacial score (nSPS) is 13.3. The molecule has 0 aromatic carbocycles. The molecule has 2 atom stereocenters. The maximum atomic E-state index is 5.42. The average Bonchev–Trinajstić information content (AvgIpc) is 4.16. The molecule has 0 fully saturated rings. The second-order valence-corrected chi connectivity index (χ2v) is 21.2. The van der Waals surface area contributed by atoms with E-state index in [1.807, 2.05) is 0 Å². The van der Waals surface area contributed by atoms with E-state index in [0.29, 0.717) is 11.8 Å². The van der Waals surface area contributed by atoms with E-state index in [2.05, 4.69) is 118 Å². The molecule has 8 bridgehead atoms. The maximum Gasteiger partial charge on any atom is 0.0800 e. The van der Waals surface area contributed by atoms with Gasteiger partial charge in [-0.05, 0) is 105 Å². The highest BCUT2D eigenvalue weighted by Crippen LogP contribution is 2.34. The molecule has 0 amide bonds. The lowest BCUT2D eigenvalue weighted by atomic mass is 9.88. The number of aromatic nitrogens is 4. The van der Waals surface area contributed by atoms with Crippen molar-refractivity contribution < 1.29 is 0 Å². The number of halogens is 2. The van der Waals surface area contributed by atoms with Crippen LogP contribution >= 0.6 is 31.9 Å². The topological polar surface area (TPSA) is 57.4 Å². The predicted octanol–water partition coefficient (Wildman–Crippen LogP) is 20.3. The van der Waals surface area contributed by atoms with E-state index in [0.717, 1.165) is 55.6 Å². The lowest BCUT2D eigenvalue weighted by Gasteiger charge is -2.18. The van der Waals surface area contributed by atoms with Gasteiger partial charge in [0.05, 0.1) is 42.8 Å². The molecule has 6 heteroatoms. The molecule has 5 heterocycles. The first kappa shape index (κ1) is 52.5. The van der Waals surface area contributed by atoms with Gasteiger partial charge in [-0.3, -0.25) is 0 Å². The lowest BCUT2D eigenvalue weighted by molar-refractivity contribution is 0.400. The van der Waals surface area contributed by atoms with Crippen molar-refractivity contribution in [2.45, 2.75) is 233 Å². The minimum absolute atomic E-state index is 0.643. The molecule has 4 nitrogen and oxygen atoms in total. The molecule has 354 valence electrons. The molecule has 2 aliphatic heterocycles. The number of fused-ring (bicyclic) bond motifs is 8. The van der Waals surface area contributed by atoms with Crippen molar-refractivity contribution in [3.8, 4) is 0 Å². The van der Waals surface area contributed by atoms with Gasteiger partial charge in [0.1, 0.15) is 0 Å². The van der Waals surface area contributed by atoms with Crippen LogP contribution in [0.4, 0.5) is 0 Å². The van der Waals surface area contributed by atoms with Crippen molar-refractivity contribution in [1.82, 2.24) is 19.9 Å². The Morgan fingerprint density at radius 3 is 0.938 bits per heavy atom. The molecule has 2 N–H and O–H groups in total. The molecule has 3 aromatic rings.